The zero-order valence-corrected chi connectivity index (χ0v) is 13.2. The van der Waals surface area contributed by atoms with Gasteiger partial charge in [0.2, 0.25) is 5.78 Å². The van der Waals surface area contributed by atoms with Gasteiger partial charge in [0.25, 0.3) is 11.8 Å². The topological polar surface area (TPSA) is 137 Å². The van der Waals surface area contributed by atoms with Gasteiger partial charge in [-0.25, -0.2) is 4.79 Å². The number of nitrogens with zero attached hydrogens (tertiary/aromatic N) is 1. The fourth-order valence-corrected chi connectivity index (χ4v) is 2.14. The van der Waals surface area contributed by atoms with Gasteiger partial charge in [-0.05, 0) is 12.0 Å². The van der Waals surface area contributed by atoms with E-state index >= 15 is 0 Å². The molecule has 9 nitrogen and oxygen atoms in total. The lowest BCUT2D eigenvalue weighted by molar-refractivity contribution is -0.141. The monoisotopic (exact) mass is 344 g/mol. The summed E-state index contributed by atoms with van der Waals surface area (Å²) < 4.78 is 4.93. The van der Waals surface area contributed by atoms with Crippen LogP contribution in [0.2, 0.25) is 0 Å². The van der Waals surface area contributed by atoms with Crippen molar-refractivity contribution in [2.24, 2.45) is 0 Å². The summed E-state index contributed by atoms with van der Waals surface area (Å²) in [4.78, 5) is 46.6. The second-order valence-electron chi connectivity index (χ2n) is 5.24. The summed E-state index contributed by atoms with van der Waals surface area (Å²) in [5.74, 6) is -2.46. The summed E-state index contributed by atoms with van der Waals surface area (Å²) >= 11 is 0. The van der Waals surface area contributed by atoms with Gasteiger partial charge in [0.15, 0.2) is 6.04 Å². The highest BCUT2D eigenvalue weighted by Crippen LogP contribution is 2.02. The van der Waals surface area contributed by atoms with Crippen molar-refractivity contribution >= 4 is 23.7 Å². The van der Waals surface area contributed by atoms with Gasteiger partial charge in [-0.15, -0.1) is 0 Å². The minimum atomic E-state index is -1.54. The lowest BCUT2D eigenvalue weighted by Gasteiger charge is -2.22. The summed E-state index contributed by atoms with van der Waals surface area (Å²) in [5, 5.41) is 15.8. The molecule has 1 aromatic carbocycles. The Labute approximate surface area is 143 Å². The Hall–Kier alpha value is -3.41. The highest BCUT2D eigenvalue weighted by molar-refractivity contribution is 6.39. The molecule has 3 amide bonds. The van der Waals surface area contributed by atoms with Gasteiger partial charge >= 0.3 is 6.09 Å². The molecule has 0 saturated carbocycles. The van der Waals surface area contributed by atoms with E-state index in [9.17, 15) is 19.2 Å². The minimum Gasteiger partial charge on any atom is -0.445 e. The summed E-state index contributed by atoms with van der Waals surface area (Å²) in [7, 11) is 0. The van der Waals surface area contributed by atoms with Crippen molar-refractivity contribution in [3.8, 4) is 6.07 Å². The van der Waals surface area contributed by atoms with Crippen LogP contribution in [0, 0.1) is 11.3 Å². The van der Waals surface area contributed by atoms with Crippen molar-refractivity contribution < 1.29 is 23.9 Å². The van der Waals surface area contributed by atoms with Gasteiger partial charge in [0.05, 0.1) is 12.1 Å². The molecule has 0 bridgehead atoms. The van der Waals surface area contributed by atoms with Crippen LogP contribution >= 0.6 is 0 Å². The molecular weight excluding hydrogens is 328 g/mol. The number of alkyl carbamates (subject to hydrolysis) is 1. The maximum absolute atomic E-state index is 12.0. The first-order valence-corrected chi connectivity index (χ1v) is 7.50. The van der Waals surface area contributed by atoms with E-state index in [1.807, 2.05) is 6.07 Å². The second-order valence-corrected chi connectivity index (χ2v) is 5.24. The first-order chi connectivity index (χ1) is 12.0. The Morgan fingerprint density at radius 3 is 2.72 bits per heavy atom. The van der Waals surface area contributed by atoms with Crippen molar-refractivity contribution in [3.05, 3.63) is 35.9 Å². The zero-order chi connectivity index (χ0) is 18.2. The number of nitriles is 1. The normalized spacial score (nSPS) is 17.6. The van der Waals surface area contributed by atoms with Crippen LogP contribution in [0.15, 0.2) is 30.3 Å². The molecule has 0 aliphatic carbocycles. The van der Waals surface area contributed by atoms with E-state index in [1.165, 1.54) is 0 Å². The quantitative estimate of drug-likeness (QED) is 0.609. The largest absolute Gasteiger partial charge is 0.445 e. The maximum atomic E-state index is 12.0. The number of nitrogens with one attached hydrogen (secondary N) is 3. The third-order valence-electron chi connectivity index (χ3n) is 3.44. The minimum absolute atomic E-state index is 0.0201. The molecule has 2 atom stereocenters. The number of carbonyl (C=O) groups is 4. The highest BCUT2D eigenvalue weighted by atomic mass is 16.5. The van der Waals surface area contributed by atoms with Gasteiger partial charge in [-0.2, -0.15) is 5.26 Å². The van der Waals surface area contributed by atoms with E-state index < -0.39 is 35.8 Å². The maximum Gasteiger partial charge on any atom is 0.408 e. The number of amides is 3. The van der Waals surface area contributed by atoms with Gasteiger partial charge in [0, 0.05) is 6.54 Å². The van der Waals surface area contributed by atoms with Crippen molar-refractivity contribution in [3.63, 3.8) is 0 Å². The first-order valence-electron chi connectivity index (χ1n) is 7.50. The molecule has 0 spiro atoms. The number of piperidine rings is 1. The Balaban J connectivity index is 1.85. The fourth-order valence-electron chi connectivity index (χ4n) is 2.14. The van der Waals surface area contributed by atoms with E-state index in [2.05, 4.69) is 16.0 Å². The Morgan fingerprint density at radius 2 is 2.04 bits per heavy atom. The number of Topliss-reactive ketones (excluding diaryl/α,β-unsaturated/α-hetero) is 1. The summed E-state index contributed by atoms with van der Waals surface area (Å²) in [6.45, 7) is 0.215. The molecule has 2 unspecified atom stereocenters. The Bertz CT molecular complexity index is 713. The SMILES string of the molecule is N#CC(NC(=O)OCc1ccccc1)C(=O)NC1CCNC(=O)C1=O. The summed E-state index contributed by atoms with van der Waals surface area (Å²) in [5.41, 5.74) is 0.745. The average molecular weight is 344 g/mol. The highest BCUT2D eigenvalue weighted by Gasteiger charge is 2.32. The molecule has 0 radical (unpaired) electrons. The number of rotatable bonds is 5. The van der Waals surface area contributed by atoms with Crippen molar-refractivity contribution in [1.82, 2.24) is 16.0 Å². The molecule has 2 rings (SSSR count). The first kappa shape index (κ1) is 17.9. The van der Waals surface area contributed by atoms with Gasteiger partial charge in [0.1, 0.15) is 6.61 Å². The number of ether oxygens (including phenoxy) is 1. The van der Waals surface area contributed by atoms with Crippen LogP contribution in [-0.4, -0.2) is 42.3 Å². The lowest BCUT2D eigenvalue weighted by atomic mass is 10.0. The number of ketones is 1. The zero-order valence-electron chi connectivity index (χ0n) is 13.2. The third kappa shape index (κ3) is 5.04. The smallest absolute Gasteiger partial charge is 0.408 e. The molecule has 1 aliphatic rings. The number of hydrogen-bond acceptors (Lipinski definition) is 6. The molecule has 0 aromatic heterocycles. The van der Waals surface area contributed by atoms with E-state index in [4.69, 9.17) is 10.00 Å². The van der Waals surface area contributed by atoms with Crippen LogP contribution in [0.3, 0.4) is 0 Å². The van der Waals surface area contributed by atoms with E-state index in [1.54, 1.807) is 30.3 Å². The van der Waals surface area contributed by atoms with Crippen LogP contribution in [0.25, 0.3) is 0 Å². The van der Waals surface area contributed by atoms with E-state index in [0.29, 0.717) is 0 Å². The molecular formula is C16H16N4O5. The van der Waals surface area contributed by atoms with Crippen LogP contribution in [0.1, 0.15) is 12.0 Å². The summed E-state index contributed by atoms with van der Waals surface area (Å²) in [6, 6.07) is 7.92. The predicted octanol–water partition coefficient (Wildman–Crippen LogP) is -0.621. The van der Waals surface area contributed by atoms with Crippen LogP contribution < -0.4 is 16.0 Å². The van der Waals surface area contributed by atoms with Crippen LogP contribution in [0.5, 0.6) is 0 Å². The molecule has 1 fully saturated rings. The molecule has 9 heteroatoms. The van der Waals surface area contributed by atoms with Gasteiger partial charge in [-0.1, -0.05) is 30.3 Å². The standard InChI is InChI=1S/C16H16N4O5/c17-8-12(14(22)19-11-6-7-18-15(23)13(11)21)20-16(24)25-9-10-4-2-1-3-5-10/h1-5,11-12H,6-7,9H2,(H,18,23)(H,19,22)(H,20,24). The molecule has 1 aliphatic heterocycles. The average Bonchev–Trinajstić information content (AvgIpc) is 2.62. The molecule has 1 aromatic rings. The van der Waals surface area contributed by atoms with Crippen molar-refractivity contribution in [2.75, 3.05) is 6.54 Å². The third-order valence-corrected chi connectivity index (χ3v) is 3.44. The van der Waals surface area contributed by atoms with Crippen molar-refractivity contribution in [2.45, 2.75) is 25.1 Å². The van der Waals surface area contributed by atoms with Crippen LogP contribution in [0.4, 0.5) is 4.79 Å². The predicted molar refractivity (Wildman–Crippen MR) is 83.7 cm³/mol. The Kier molecular flexibility index (Phi) is 6.06. The van der Waals surface area contributed by atoms with Gasteiger partial charge < -0.3 is 15.4 Å². The van der Waals surface area contributed by atoms with E-state index in [0.717, 1.165) is 5.56 Å². The molecule has 1 heterocycles. The number of hydrogen-bond donors (Lipinski definition) is 3. The van der Waals surface area contributed by atoms with E-state index in [-0.39, 0.29) is 19.6 Å². The number of carbonyl (C=O) groups excluding carboxylic acids is 4. The molecule has 3 N–H and O–H groups in total. The molecule has 1 saturated heterocycles. The van der Waals surface area contributed by atoms with Crippen molar-refractivity contribution in [1.29, 1.82) is 5.26 Å². The molecule has 25 heavy (non-hydrogen) atoms. The molecule has 130 valence electrons. The lowest BCUT2D eigenvalue weighted by Crippen LogP contribution is -2.56. The van der Waals surface area contributed by atoms with Crippen LogP contribution in [-0.2, 0) is 25.7 Å². The number of benzene rings is 1. The Morgan fingerprint density at radius 1 is 1.32 bits per heavy atom. The van der Waals surface area contributed by atoms with Gasteiger partial charge in [-0.3, -0.25) is 19.7 Å². The summed E-state index contributed by atoms with van der Waals surface area (Å²) in [6.07, 6.45) is -0.731. The second kappa shape index (κ2) is 8.44. The fraction of sp³-hybridized carbons (Fsp3) is 0.312.